The maximum Gasteiger partial charge on any atom is 0.322 e. The zero-order chi connectivity index (χ0) is 20.0. The van der Waals surface area contributed by atoms with Crippen LogP contribution in [-0.2, 0) is 38.1 Å². The fourth-order valence-electron chi connectivity index (χ4n) is 1.89. The van der Waals surface area contributed by atoms with Gasteiger partial charge < -0.3 is 18.9 Å². The molecule has 0 amide bonds. The summed E-state index contributed by atoms with van der Waals surface area (Å²) in [5.41, 5.74) is -1.60. The third-order valence-corrected chi connectivity index (χ3v) is 3.91. The van der Waals surface area contributed by atoms with Gasteiger partial charge in [0.1, 0.15) is 19.8 Å². The van der Waals surface area contributed by atoms with E-state index >= 15 is 0 Å². The van der Waals surface area contributed by atoms with Crippen LogP contribution in [0.2, 0.25) is 0 Å². The first-order valence-corrected chi connectivity index (χ1v) is 9.49. The number of hydrogen-bond acceptors (Lipinski definition) is 8. The first kappa shape index (κ1) is 24.4. The number of unbranched alkanes of at least 4 members (excludes halogenated alkanes) is 3. The van der Waals surface area contributed by atoms with Crippen LogP contribution in [-0.4, -0.2) is 55.6 Å². The smallest absolute Gasteiger partial charge is 0.322 e. The number of rotatable bonds is 13. The van der Waals surface area contributed by atoms with Crippen molar-refractivity contribution in [2.24, 2.45) is 5.41 Å². The largest absolute Gasteiger partial charge is 0.465 e. The lowest BCUT2D eigenvalue weighted by Crippen LogP contribution is -2.47. The molecule has 0 aromatic heterocycles. The van der Waals surface area contributed by atoms with E-state index in [1.54, 1.807) is 0 Å². The highest BCUT2D eigenvalue weighted by atomic mass is 79.9. The summed E-state index contributed by atoms with van der Waals surface area (Å²) < 4.78 is 20.0. The van der Waals surface area contributed by atoms with Gasteiger partial charge in [-0.1, -0.05) is 28.8 Å². The molecule has 0 aliphatic rings. The number of ether oxygens (including phenoxy) is 4. The van der Waals surface area contributed by atoms with E-state index in [9.17, 15) is 19.2 Å². The number of carbonyl (C=O) groups is 4. The predicted octanol–water partition coefficient (Wildman–Crippen LogP) is 2.16. The molecule has 0 aromatic carbocycles. The molecule has 0 aliphatic carbocycles. The van der Waals surface area contributed by atoms with Crippen molar-refractivity contribution >= 4 is 39.8 Å². The van der Waals surface area contributed by atoms with E-state index in [1.807, 2.05) is 0 Å². The maximum absolute atomic E-state index is 12.6. The Labute approximate surface area is 162 Å². The number of esters is 4. The highest BCUT2D eigenvalue weighted by Crippen LogP contribution is 2.23. The highest BCUT2D eigenvalue weighted by molar-refractivity contribution is 9.09. The Kier molecular flexibility index (Phi) is 12.7. The molecule has 0 saturated heterocycles. The predicted molar refractivity (Wildman–Crippen MR) is 95.6 cm³/mol. The van der Waals surface area contributed by atoms with Crippen molar-refractivity contribution in [1.29, 1.82) is 0 Å². The fraction of sp³-hybridized carbons (Fsp3) is 0.765. The molecular formula is C17H27BrO8. The van der Waals surface area contributed by atoms with Crippen LogP contribution < -0.4 is 0 Å². The topological polar surface area (TPSA) is 105 Å². The number of halogens is 1. The Morgan fingerprint density at radius 1 is 0.692 bits per heavy atom. The van der Waals surface area contributed by atoms with Gasteiger partial charge in [0.2, 0.25) is 0 Å². The third-order valence-electron chi connectivity index (χ3n) is 3.35. The van der Waals surface area contributed by atoms with Crippen LogP contribution in [0.4, 0.5) is 0 Å². The van der Waals surface area contributed by atoms with Crippen molar-refractivity contribution in [1.82, 2.24) is 0 Å². The Morgan fingerprint density at radius 3 is 1.50 bits per heavy atom. The van der Waals surface area contributed by atoms with Crippen LogP contribution in [0.3, 0.4) is 0 Å². The lowest BCUT2D eigenvalue weighted by atomic mass is 9.91. The molecule has 0 rings (SSSR count). The lowest BCUT2D eigenvalue weighted by molar-refractivity contribution is -0.178. The van der Waals surface area contributed by atoms with Crippen LogP contribution in [0.5, 0.6) is 0 Å². The highest BCUT2D eigenvalue weighted by Gasteiger charge is 2.44. The first-order valence-electron chi connectivity index (χ1n) is 8.37. The van der Waals surface area contributed by atoms with E-state index < -0.39 is 49.1 Å². The van der Waals surface area contributed by atoms with Crippen LogP contribution in [0.25, 0.3) is 0 Å². The minimum Gasteiger partial charge on any atom is -0.465 e. The summed E-state index contributed by atoms with van der Waals surface area (Å²) in [4.78, 5) is 46.1. The molecule has 0 atom stereocenters. The van der Waals surface area contributed by atoms with Crippen LogP contribution >= 0.6 is 15.9 Å². The van der Waals surface area contributed by atoms with Crippen molar-refractivity contribution < 1.29 is 38.1 Å². The SMILES string of the molecule is CC(=O)OCC(COC(C)=O)(COC(C)=O)C(=O)OCCCCCCBr. The van der Waals surface area contributed by atoms with E-state index in [-0.39, 0.29) is 6.61 Å². The van der Waals surface area contributed by atoms with Crippen molar-refractivity contribution in [2.45, 2.75) is 46.5 Å². The minimum atomic E-state index is -1.60. The van der Waals surface area contributed by atoms with Crippen molar-refractivity contribution in [3.63, 3.8) is 0 Å². The van der Waals surface area contributed by atoms with Gasteiger partial charge >= 0.3 is 23.9 Å². The van der Waals surface area contributed by atoms with E-state index in [1.165, 1.54) is 20.8 Å². The second-order valence-electron chi connectivity index (χ2n) is 5.86. The summed E-state index contributed by atoms with van der Waals surface area (Å²) in [6.07, 6.45) is 3.60. The summed E-state index contributed by atoms with van der Waals surface area (Å²) in [5.74, 6) is -2.62. The van der Waals surface area contributed by atoms with Crippen molar-refractivity contribution in [3.8, 4) is 0 Å². The number of hydrogen-bond donors (Lipinski definition) is 0. The summed E-state index contributed by atoms with van der Waals surface area (Å²) >= 11 is 3.34. The second kappa shape index (κ2) is 13.5. The first-order chi connectivity index (χ1) is 12.2. The van der Waals surface area contributed by atoms with Gasteiger partial charge in [0.25, 0.3) is 0 Å². The maximum atomic E-state index is 12.6. The van der Waals surface area contributed by atoms with Crippen molar-refractivity contribution in [2.75, 3.05) is 31.8 Å². The molecule has 9 heteroatoms. The van der Waals surface area contributed by atoms with Crippen LogP contribution in [0.15, 0.2) is 0 Å². The third kappa shape index (κ3) is 11.1. The van der Waals surface area contributed by atoms with Gasteiger partial charge in [-0.3, -0.25) is 19.2 Å². The summed E-state index contributed by atoms with van der Waals surface area (Å²) in [6, 6.07) is 0. The molecule has 0 fully saturated rings. The molecule has 0 N–H and O–H groups in total. The van der Waals surface area contributed by atoms with Gasteiger partial charge in [0.05, 0.1) is 6.61 Å². The zero-order valence-electron chi connectivity index (χ0n) is 15.5. The lowest BCUT2D eigenvalue weighted by Gasteiger charge is -2.29. The van der Waals surface area contributed by atoms with E-state index in [4.69, 9.17) is 18.9 Å². The quantitative estimate of drug-likeness (QED) is 0.186. The van der Waals surface area contributed by atoms with Crippen molar-refractivity contribution in [3.05, 3.63) is 0 Å². The van der Waals surface area contributed by atoms with Gasteiger partial charge in [-0.2, -0.15) is 0 Å². The van der Waals surface area contributed by atoms with E-state index in [0.717, 1.165) is 24.6 Å². The molecule has 0 saturated carbocycles. The second-order valence-corrected chi connectivity index (χ2v) is 6.65. The van der Waals surface area contributed by atoms with Gasteiger partial charge in [0, 0.05) is 26.1 Å². The summed E-state index contributed by atoms with van der Waals surface area (Å²) in [7, 11) is 0. The molecule has 0 aliphatic heterocycles. The molecular weight excluding hydrogens is 412 g/mol. The van der Waals surface area contributed by atoms with Gasteiger partial charge in [0.15, 0.2) is 5.41 Å². The number of carbonyl (C=O) groups excluding carboxylic acids is 4. The molecule has 26 heavy (non-hydrogen) atoms. The Balaban J connectivity index is 5.00. The summed E-state index contributed by atoms with van der Waals surface area (Å²) in [6.45, 7) is 2.43. The number of alkyl halides is 1. The molecule has 0 spiro atoms. The zero-order valence-corrected chi connectivity index (χ0v) is 17.1. The van der Waals surface area contributed by atoms with Crippen LogP contribution in [0.1, 0.15) is 46.5 Å². The molecule has 0 radical (unpaired) electrons. The van der Waals surface area contributed by atoms with Gasteiger partial charge in [-0.25, -0.2) is 0 Å². The molecule has 8 nitrogen and oxygen atoms in total. The summed E-state index contributed by atoms with van der Waals surface area (Å²) in [5, 5.41) is 0.920. The van der Waals surface area contributed by atoms with Crippen LogP contribution in [0, 0.1) is 5.41 Å². The average Bonchev–Trinajstić information content (AvgIpc) is 2.57. The fourth-order valence-corrected chi connectivity index (χ4v) is 2.29. The minimum absolute atomic E-state index is 0.170. The normalized spacial score (nSPS) is 10.8. The van der Waals surface area contributed by atoms with E-state index in [0.29, 0.717) is 6.42 Å². The molecule has 0 bridgehead atoms. The standard InChI is InChI=1S/C17H27BrO8/c1-13(19)24-10-17(11-25-14(2)20,12-26-15(3)21)16(22)23-9-7-5-4-6-8-18/h4-12H2,1-3H3. The average molecular weight is 439 g/mol. The monoisotopic (exact) mass is 438 g/mol. The Hall–Kier alpha value is -1.64. The Bertz CT molecular complexity index is 432. The molecule has 150 valence electrons. The Morgan fingerprint density at radius 2 is 1.12 bits per heavy atom. The molecule has 0 aromatic rings. The molecule has 0 unspecified atom stereocenters. The van der Waals surface area contributed by atoms with Gasteiger partial charge in [-0.15, -0.1) is 0 Å². The van der Waals surface area contributed by atoms with E-state index in [2.05, 4.69) is 15.9 Å². The molecule has 0 heterocycles. The van der Waals surface area contributed by atoms with Gasteiger partial charge in [-0.05, 0) is 12.8 Å².